The Labute approximate surface area is 122 Å². The van der Waals surface area contributed by atoms with Crippen molar-refractivity contribution in [2.45, 2.75) is 4.90 Å². The van der Waals surface area contributed by atoms with Gasteiger partial charge in [-0.05, 0) is 42.5 Å². The topological polar surface area (TPSA) is 120 Å². The van der Waals surface area contributed by atoms with E-state index in [2.05, 4.69) is 4.72 Å². The summed E-state index contributed by atoms with van der Waals surface area (Å²) in [5, 5.41) is 17.8. The number of hydrogen-bond donors (Lipinski definition) is 2. The lowest BCUT2D eigenvalue weighted by Gasteiger charge is -2.09. The molecular weight excluding hydrogens is 288 g/mol. The lowest BCUT2D eigenvalue weighted by atomic mass is 10.1. The minimum absolute atomic E-state index is 0.0552. The van der Waals surface area contributed by atoms with Gasteiger partial charge in [-0.3, -0.25) is 4.72 Å². The minimum Gasteiger partial charge on any atom is -0.399 e. The summed E-state index contributed by atoms with van der Waals surface area (Å²) < 4.78 is 26.7. The summed E-state index contributed by atoms with van der Waals surface area (Å²) in [7, 11) is -3.77. The molecule has 0 fully saturated rings. The molecule has 0 bridgehead atoms. The molecule has 0 radical (unpaired) electrons. The molecule has 0 amide bonds. The Morgan fingerprint density at radius 1 is 0.952 bits per heavy atom. The lowest BCUT2D eigenvalue weighted by molar-refractivity contribution is 0.601. The van der Waals surface area contributed by atoms with Crippen LogP contribution < -0.4 is 10.5 Å². The molecule has 0 saturated heterocycles. The summed E-state index contributed by atoms with van der Waals surface area (Å²) in [5.74, 6) is 0. The highest BCUT2D eigenvalue weighted by molar-refractivity contribution is 7.92. The minimum atomic E-state index is -3.77. The van der Waals surface area contributed by atoms with Crippen LogP contribution in [0.3, 0.4) is 0 Å². The standard InChI is InChI=1S/C14H10N4O2S/c15-8-10-1-4-13(7-11(10)9-16)18-21(19,20)14-5-2-12(17)3-6-14/h1-7,18H,17H2. The third-order valence-electron chi connectivity index (χ3n) is 2.70. The lowest BCUT2D eigenvalue weighted by Crippen LogP contribution is -2.13. The number of nitrogens with zero attached hydrogens (tertiary/aromatic N) is 2. The predicted octanol–water partition coefficient (Wildman–Crippen LogP) is 1.81. The van der Waals surface area contributed by atoms with E-state index < -0.39 is 10.0 Å². The van der Waals surface area contributed by atoms with Gasteiger partial charge >= 0.3 is 0 Å². The summed E-state index contributed by atoms with van der Waals surface area (Å²) >= 11 is 0. The molecule has 0 atom stereocenters. The summed E-state index contributed by atoms with van der Waals surface area (Å²) in [6.45, 7) is 0. The normalized spacial score (nSPS) is 10.4. The SMILES string of the molecule is N#Cc1ccc(NS(=O)(=O)c2ccc(N)cc2)cc1C#N. The Kier molecular flexibility index (Phi) is 3.79. The van der Waals surface area contributed by atoms with Crippen LogP contribution in [0, 0.1) is 22.7 Å². The second kappa shape index (κ2) is 5.53. The van der Waals surface area contributed by atoms with Crippen LogP contribution >= 0.6 is 0 Å². The molecule has 2 rings (SSSR count). The number of nitrogens with two attached hydrogens (primary N) is 1. The molecule has 7 heteroatoms. The molecule has 0 unspecified atom stereocenters. The Morgan fingerprint density at radius 3 is 2.14 bits per heavy atom. The summed E-state index contributed by atoms with van der Waals surface area (Å²) in [6, 6.07) is 13.6. The Morgan fingerprint density at radius 2 is 1.57 bits per heavy atom. The van der Waals surface area contributed by atoms with Crippen molar-refractivity contribution >= 4 is 21.4 Å². The number of hydrogen-bond acceptors (Lipinski definition) is 5. The fourth-order valence-corrected chi connectivity index (χ4v) is 2.71. The van der Waals surface area contributed by atoms with Crippen molar-refractivity contribution in [1.82, 2.24) is 0 Å². The third-order valence-corrected chi connectivity index (χ3v) is 4.10. The van der Waals surface area contributed by atoms with Gasteiger partial charge in [0.05, 0.1) is 21.7 Å². The average molecular weight is 298 g/mol. The van der Waals surface area contributed by atoms with Crippen LogP contribution in [-0.4, -0.2) is 8.42 Å². The van der Waals surface area contributed by atoms with Gasteiger partial charge in [0.15, 0.2) is 0 Å². The second-order valence-electron chi connectivity index (χ2n) is 4.16. The molecule has 0 heterocycles. The van der Waals surface area contributed by atoms with Crippen molar-refractivity contribution in [3.05, 3.63) is 53.6 Å². The van der Waals surface area contributed by atoms with Crippen molar-refractivity contribution in [3.63, 3.8) is 0 Å². The fraction of sp³-hybridized carbons (Fsp3) is 0. The van der Waals surface area contributed by atoms with Gasteiger partial charge in [0.25, 0.3) is 10.0 Å². The molecule has 3 N–H and O–H groups in total. The number of nitrogens with one attached hydrogen (secondary N) is 1. The van der Waals surface area contributed by atoms with Crippen molar-refractivity contribution in [2.24, 2.45) is 0 Å². The quantitative estimate of drug-likeness (QED) is 0.837. The maximum absolute atomic E-state index is 12.2. The van der Waals surface area contributed by atoms with Gasteiger partial charge in [-0.1, -0.05) is 0 Å². The van der Waals surface area contributed by atoms with E-state index in [0.29, 0.717) is 5.69 Å². The van der Waals surface area contributed by atoms with Crippen molar-refractivity contribution < 1.29 is 8.42 Å². The molecule has 6 nitrogen and oxygen atoms in total. The van der Waals surface area contributed by atoms with Crippen LogP contribution in [0.2, 0.25) is 0 Å². The first kappa shape index (κ1) is 14.4. The monoisotopic (exact) mass is 298 g/mol. The molecule has 0 saturated carbocycles. The fourth-order valence-electron chi connectivity index (χ4n) is 1.66. The Balaban J connectivity index is 2.36. The predicted molar refractivity (Wildman–Crippen MR) is 77.5 cm³/mol. The first-order valence-electron chi connectivity index (χ1n) is 5.79. The second-order valence-corrected chi connectivity index (χ2v) is 5.84. The van der Waals surface area contributed by atoms with Gasteiger partial charge in [0, 0.05) is 5.69 Å². The molecule has 0 aliphatic rings. The molecule has 0 aromatic heterocycles. The number of anilines is 2. The van der Waals surface area contributed by atoms with E-state index in [0.717, 1.165) is 0 Å². The summed E-state index contributed by atoms with van der Waals surface area (Å²) in [6.07, 6.45) is 0. The van der Waals surface area contributed by atoms with Crippen LogP contribution in [0.4, 0.5) is 11.4 Å². The Bertz CT molecular complexity index is 859. The van der Waals surface area contributed by atoms with E-state index in [1.807, 2.05) is 12.1 Å². The number of rotatable bonds is 3. The Hall–Kier alpha value is -3.03. The maximum atomic E-state index is 12.2. The van der Waals surface area contributed by atoms with E-state index >= 15 is 0 Å². The van der Waals surface area contributed by atoms with E-state index in [9.17, 15) is 8.42 Å². The van der Waals surface area contributed by atoms with Gasteiger partial charge in [0.2, 0.25) is 0 Å². The summed E-state index contributed by atoms with van der Waals surface area (Å²) in [5.41, 5.74) is 6.47. The third kappa shape index (κ3) is 3.11. The van der Waals surface area contributed by atoms with Crippen molar-refractivity contribution in [3.8, 4) is 12.1 Å². The zero-order valence-electron chi connectivity index (χ0n) is 10.7. The molecule has 2 aromatic rings. The van der Waals surface area contributed by atoms with Crippen LogP contribution in [0.1, 0.15) is 11.1 Å². The highest BCUT2D eigenvalue weighted by Crippen LogP contribution is 2.19. The average Bonchev–Trinajstić information content (AvgIpc) is 2.47. The molecule has 0 spiro atoms. The summed E-state index contributed by atoms with van der Waals surface area (Å²) in [4.78, 5) is 0.0552. The molecule has 0 aliphatic carbocycles. The van der Waals surface area contributed by atoms with Gasteiger partial charge in [-0.25, -0.2) is 8.42 Å². The van der Waals surface area contributed by atoms with Gasteiger partial charge in [0.1, 0.15) is 12.1 Å². The zero-order valence-corrected chi connectivity index (χ0v) is 11.6. The largest absolute Gasteiger partial charge is 0.399 e. The van der Waals surface area contributed by atoms with Gasteiger partial charge in [-0.2, -0.15) is 10.5 Å². The van der Waals surface area contributed by atoms with Crippen LogP contribution in [0.25, 0.3) is 0 Å². The first-order valence-corrected chi connectivity index (χ1v) is 7.27. The number of nitriles is 2. The van der Waals surface area contributed by atoms with E-state index in [4.69, 9.17) is 16.3 Å². The van der Waals surface area contributed by atoms with E-state index in [1.54, 1.807) is 0 Å². The molecule has 104 valence electrons. The smallest absolute Gasteiger partial charge is 0.261 e. The zero-order chi connectivity index (χ0) is 15.5. The number of sulfonamides is 1. The number of benzene rings is 2. The molecule has 2 aromatic carbocycles. The molecule has 0 aliphatic heterocycles. The molecular formula is C14H10N4O2S. The van der Waals surface area contributed by atoms with Crippen LogP contribution in [-0.2, 0) is 10.0 Å². The molecule has 21 heavy (non-hydrogen) atoms. The maximum Gasteiger partial charge on any atom is 0.261 e. The van der Waals surface area contributed by atoms with Crippen molar-refractivity contribution in [2.75, 3.05) is 10.5 Å². The van der Waals surface area contributed by atoms with E-state index in [1.165, 1.54) is 42.5 Å². The van der Waals surface area contributed by atoms with E-state index in [-0.39, 0.29) is 21.7 Å². The van der Waals surface area contributed by atoms with Crippen LogP contribution in [0.5, 0.6) is 0 Å². The van der Waals surface area contributed by atoms with Crippen LogP contribution in [0.15, 0.2) is 47.4 Å². The van der Waals surface area contributed by atoms with Gasteiger partial charge < -0.3 is 5.73 Å². The van der Waals surface area contributed by atoms with Crippen molar-refractivity contribution in [1.29, 1.82) is 10.5 Å². The first-order chi connectivity index (χ1) is 9.96. The van der Waals surface area contributed by atoms with Gasteiger partial charge in [-0.15, -0.1) is 0 Å². The highest BCUT2D eigenvalue weighted by atomic mass is 32.2. The highest BCUT2D eigenvalue weighted by Gasteiger charge is 2.14. The number of nitrogen functional groups attached to an aromatic ring is 1.